The minimum atomic E-state index is 0.0270. The van der Waals surface area contributed by atoms with E-state index in [-0.39, 0.29) is 5.91 Å². The third-order valence-electron chi connectivity index (χ3n) is 4.00. The summed E-state index contributed by atoms with van der Waals surface area (Å²) in [5, 5.41) is 6.20. The van der Waals surface area contributed by atoms with Gasteiger partial charge in [0.2, 0.25) is 5.91 Å². The molecule has 0 fully saturated rings. The highest BCUT2D eigenvalue weighted by molar-refractivity contribution is 5.76. The van der Waals surface area contributed by atoms with Crippen LogP contribution in [0.3, 0.4) is 0 Å². The summed E-state index contributed by atoms with van der Waals surface area (Å²) in [6.07, 6.45) is 3.33. The molecule has 0 atom stereocenters. The van der Waals surface area contributed by atoms with Gasteiger partial charge in [-0.05, 0) is 43.0 Å². The predicted octanol–water partition coefficient (Wildman–Crippen LogP) is 2.57. The molecule has 0 saturated carbocycles. The Morgan fingerprint density at radius 3 is 2.96 bits per heavy atom. The van der Waals surface area contributed by atoms with Crippen molar-refractivity contribution in [3.8, 4) is 5.75 Å². The highest BCUT2D eigenvalue weighted by atomic mass is 16.5. The van der Waals surface area contributed by atoms with E-state index in [0.29, 0.717) is 26.0 Å². The number of fused-ring (bicyclic) bond motifs is 1. The van der Waals surface area contributed by atoms with E-state index >= 15 is 0 Å². The smallest absolute Gasteiger partial charge is 0.220 e. The van der Waals surface area contributed by atoms with Crippen LogP contribution >= 0.6 is 0 Å². The van der Waals surface area contributed by atoms with Crippen LogP contribution in [-0.2, 0) is 17.6 Å². The van der Waals surface area contributed by atoms with Crippen molar-refractivity contribution in [3.05, 3.63) is 53.7 Å². The lowest BCUT2D eigenvalue weighted by Gasteiger charge is -2.17. The van der Waals surface area contributed by atoms with E-state index in [9.17, 15) is 4.79 Å². The van der Waals surface area contributed by atoms with Gasteiger partial charge in [0.1, 0.15) is 18.2 Å². The summed E-state index contributed by atoms with van der Waals surface area (Å²) < 4.78 is 5.55. The molecule has 0 spiro atoms. The molecule has 5 nitrogen and oxygen atoms in total. The number of nitrogens with one attached hydrogen (secondary N) is 2. The van der Waals surface area contributed by atoms with Crippen LogP contribution < -0.4 is 15.4 Å². The summed E-state index contributed by atoms with van der Waals surface area (Å²) >= 11 is 0. The van der Waals surface area contributed by atoms with Gasteiger partial charge in [-0.3, -0.25) is 4.79 Å². The lowest BCUT2D eigenvalue weighted by atomic mass is 10.1. The van der Waals surface area contributed by atoms with Gasteiger partial charge in [0.25, 0.3) is 0 Å². The molecule has 1 aliphatic rings. The van der Waals surface area contributed by atoms with Crippen molar-refractivity contribution in [2.45, 2.75) is 25.7 Å². The van der Waals surface area contributed by atoms with Crippen LogP contribution in [0.2, 0.25) is 0 Å². The number of carbonyl (C=O) groups excluding carboxylic acids is 1. The number of nitrogens with zero attached hydrogens (tertiary/aromatic N) is 1. The first-order valence-electron chi connectivity index (χ1n) is 8.48. The Bertz CT molecular complexity index is 674. The van der Waals surface area contributed by atoms with Gasteiger partial charge in [-0.1, -0.05) is 24.3 Å². The van der Waals surface area contributed by atoms with Crippen LogP contribution in [0.5, 0.6) is 5.75 Å². The van der Waals surface area contributed by atoms with E-state index in [1.54, 1.807) is 0 Å². The van der Waals surface area contributed by atoms with Gasteiger partial charge in [-0.15, -0.1) is 0 Å². The third-order valence-corrected chi connectivity index (χ3v) is 4.00. The van der Waals surface area contributed by atoms with Crippen LogP contribution in [0, 0.1) is 0 Å². The average molecular weight is 325 g/mol. The molecule has 0 bridgehead atoms. The number of aromatic nitrogens is 1. The van der Waals surface area contributed by atoms with Gasteiger partial charge < -0.3 is 15.4 Å². The van der Waals surface area contributed by atoms with Crippen molar-refractivity contribution in [2.24, 2.45) is 0 Å². The quantitative estimate of drug-likeness (QED) is 0.768. The molecule has 2 N–H and O–H groups in total. The Morgan fingerprint density at radius 1 is 1.21 bits per heavy atom. The number of hydrogen-bond donors (Lipinski definition) is 2. The van der Waals surface area contributed by atoms with Crippen molar-refractivity contribution in [3.63, 3.8) is 0 Å². The first-order valence-corrected chi connectivity index (χ1v) is 8.48. The van der Waals surface area contributed by atoms with Crippen LogP contribution in [0.1, 0.15) is 24.1 Å². The Kier molecular flexibility index (Phi) is 5.66. The molecule has 3 rings (SSSR count). The fraction of sp³-hybridized carbons (Fsp3) is 0.368. The number of benzene rings is 1. The minimum absolute atomic E-state index is 0.0270. The molecule has 5 heteroatoms. The number of para-hydroxylation sites is 1. The summed E-state index contributed by atoms with van der Waals surface area (Å²) in [5.74, 6) is 1.83. The molecule has 1 aliphatic heterocycles. The summed E-state index contributed by atoms with van der Waals surface area (Å²) in [6.45, 7) is 1.95. The Labute approximate surface area is 142 Å². The normalized spacial score (nSPS) is 12.8. The van der Waals surface area contributed by atoms with E-state index < -0.39 is 0 Å². The minimum Gasteiger partial charge on any atom is -0.492 e. The molecular formula is C19H23N3O2. The fourth-order valence-electron chi connectivity index (χ4n) is 2.71. The van der Waals surface area contributed by atoms with Crippen molar-refractivity contribution in [1.82, 2.24) is 10.3 Å². The number of hydrogen-bond acceptors (Lipinski definition) is 4. The summed E-state index contributed by atoms with van der Waals surface area (Å²) in [7, 11) is 0. The molecule has 2 heterocycles. The standard InChI is InChI=1S/C19H23N3O2/c23-18(20-13-14-24-17-6-2-1-3-7-17)11-10-16-9-8-15-5-4-12-21-19(15)22-16/h1-3,6-9H,4-5,10-14H2,(H,20,23)(H,21,22). The van der Waals surface area contributed by atoms with E-state index in [1.165, 1.54) is 5.56 Å². The van der Waals surface area contributed by atoms with E-state index in [0.717, 1.165) is 36.6 Å². The van der Waals surface area contributed by atoms with Gasteiger partial charge >= 0.3 is 0 Å². The predicted molar refractivity (Wildman–Crippen MR) is 94.3 cm³/mol. The van der Waals surface area contributed by atoms with E-state index in [4.69, 9.17) is 4.74 Å². The first-order chi connectivity index (χ1) is 11.8. The molecular weight excluding hydrogens is 302 g/mol. The van der Waals surface area contributed by atoms with Gasteiger partial charge in [0.05, 0.1) is 6.54 Å². The second-order valence-corrected chi connectivity index (χ2v) is 5.85. The molecule has 24 heavy (non-hydrogen) atoms. The maximum atomic E-state index is 11.9. The van der Waals surface area contributed by atoms with Crippen LogP contribution in [-0.4, -0.2) is 30.6 Å². The van der Waals surface area contributed by atoms with Crippen LogP contribution in [0.25, 0.3) is 0 Å². The highest BCUT2D eigenvalue weighted by Gasteiger charge is 2.11. The molecule has 1 aromatic carbocycles. The van der Waals surface area contributed by atoms with Gasteiger partial charge in [0, 0.05) is 18.7 Å². The number of amides is 1. The van der Waals surface area contributed by atoms with Gasteiger partial charge in [-0.25, -0.2) is 4.98 Å². The molecule has 1 aromatic heterocycles. The van der Waals surface area contributed by atoms with Crippen molar-refractivity contribution < 1.29 is 9.53 Å². The Morgan fingerprint density at radius 2 is 2.08 bits per heavy atom. The van der Waals surface area contributed by atoms with Crippen molar-refractivity contribution in [1.29, 1.82) is 0 Å². The zero-order valence-electron chi connectivity index (χ0n) is 13.8. The second-order valence-electron chi connectivity index (χ2n) is 5.85. The highest BCUT2D eigenvalue weighted by Crippen LogP contribution is 2.20. The van der Waals surface area contributed by atoms with Crippen molar-refractivity contribution >= 4 is 11.7 Å². The number of pyridine rings is 1. The van der Waals surface area contributed by atoms with E-state index in [2.05, 4.69) is 21.7 Å². The zero-order valence-corrected chi connectivity index (χ0v) is 13.8. The SMILES string of the molecule is O=C(CCc1ccc2c(n1)NCCC2)NCCOc1ccccc1. The number of rotatable bonds is 7. The number of ether oxygens (including phenoxy) is 1. The molecule has 126 valence electrons. The van der Waals surface area contributed by atoms with Crippen molar-refractivity contribution in [2.75, 3.05) is 25.0 Å². The summed E-state index contributed by atoms with van der Waals surface area (Å²) in [4.78, 5) is 16.5. The molecule has 0 aliphatic carbocycles. The molecule has 2 aromatic rings. The number of anilines is 1. The van der Waals surface area contributed by atoms with Gasteiger partial charge in [-0.2, -0.15) is 0 Å². The third kappa shape index (κ3) is 4.72. The fourth-order valence-corrected chi connectivity index (χ4v) is 2.71. The van der Waals surface area contributed by atoms with Gasteiger partial charge in [0.15, 0.2) is 0 Å². The van der Waals surface area contributed by atoms with Crippen LogP contribution in [0.4, 0.5) is 5.82 Å². The Balaban J connectivity index is 1.36. The molecule has 0 unspecified atom stereocenters. The number of aryl methyl sites for hydroxylation is 2. The summed E-state index contributed by atoms with van der Waals surface area (Å²) in [5.41, 5.74) is 2.23. The first kappa shape index (κ1) is 16.3. The Hall–Kier alpha value is -2.56. The lowest BCUT2D eigenvalue weighted by Crippen LogP contribution is -2.28. The van der Waals surface area contributed by atoms with Crippen LogP contribution in [0.15, 0.2) is 42.5 Å². The average Bonchev–Trinajstić information content (AvgIpc) is 2.64. The maximum Gasteiger partial charge on any atom is 0.220 e. The molecule has 0 radical (unpaired) electrons. The second kappa shape index (κ2) is 8.34. The molecule has 1 amide bonds. The zero-order chi connectivity index (χ0) is 16.6. The monoisotopic (exact) mass is 325 g/mol. The number of carbonyl (C=O) groups is 1. The van der Waals surface area contributed by atoms with E-state index in [1.807, 2.05) is 36.4 Å². The lowest BCUT2D eigenvalue weighted by molar-refractivity contribution is -0.121. The largest absolute Gasteiger partial charge is 0.492 e. The maximum absolute atomic E-state index is 11.9. The molecule has 0 saturated heterocycles. The topological polar surface area (TPSA) is 63.2 Å². The summed E-state index contributed by atoms with van der Waals surface area (Å²) in [6, 6.07) is 13.7.